The predicted molar refractivity (Wildman–Crippen MR) is 144 cm³/mol. The topological polar surface area (TPSA) is 28.3 Å². The number of aromatic nitrogens is 1. The molecule has 0 saturated heterocycles. The van der Waals surface area contributed by atoms with Crippen LogP contribution in [0.5, 0.6) is 5.75 Å². The fraction of sp³-hybridized carbons (Fsp3) is 0.188. The SMILES string of the molecule is CCN(CC)c1cccc2c1-c1[nH]c3ccccc3c1C1(O2)c2ccccc2-c2cc(C)ccc21. The molecule has 7 rings (SSSR count). The van der Waals surface area contributed by atoms with Gasteiger partial charge in [-0.25, -0.2) is 0 Å². The van der Waals surface area contributed by atoms with Crippen LogP contribution in [0.4, 0.5) is 5.69 Å². The molecule has 0 bridgehead atoms. The van der Waals surface area contributed by atoms with Crippen molar-refractivity contribution in [3.63, 3.8) is 0 Å². The Morgan fingerprint density at radius 3 is 2.43 bits per heavy atom. The molecule has 1 unspecified atom stereocenters. The van der Waals surface area contributed by atoms with Gasteiger partial charge >= 0.3 is 0 Å². The van der Waals surface area contributed by atoms with Crippen molar-refractivity contribution in [2.24, 2.45) is 0 Å². The lowest BCUT2D eigenvalue weighted by Crippen LogP contribution is -2.37. The van der Waals surface area contributed by atoms with Crippen LogP contribution in [0.15, 0.2) is 84.9 Å². The molecule has 0 saturated carbocycles. The number of nitrogens with one attached hydrogen (secondary N) is 1. The Morgan fingerprint density at radius 1 is 0.800 bits per heavy atom. The quantitative estimate of drug-likeness (QED) is 0.302. The standard InChI is InChI=1S/C32H28N2O/c1-4-34(5-2)27-15-10-16-28-29(27)31-30(22-12-7-9-14-26(22)33-31)32(35-28)24-13-8-6-11-21(24)23-19-20(3)17-18-25(23)32/h6-19,33H,4-5H2,1-3H3. The minimum absolute atomic E-state index is 0.705. The Hall–Kier alpha value is -3.98. The average molecular weight is 457 g/mol. The molecule has 35 heavy (non-hydrogen) atoms. The summed E-state index contributed by atoms with van der Waals surface area (Å²) in [6.45, 7) is 8.48. The molecule has 1 N–H and O–H groups in total. The van der Waals surface area contributed by atoms with E-state index in [1.165, 1.54) is 44.5 Å². The van der Waals surface area contributed by atoms with Crippen molar-refractivity contribution in [3.8, 4) is 28.1 Å². The smallest absolute Gasteiger partial charge is 0.188 e. The minimum Gasteiger partial charge on any atom is -0.472 e. The average Bonchev–Trinajstić information content (AvgIpc) is 3.40. The number of anilines is 1. The first-order chi connectivity index (χ1) is 17.2. The number of benzene rings is 4. The first-order valence-electron chi connectivity index (χ1n) is 12.6. The summed E-state index contributed by atoms with van der Waals surface area (Å²) in [5.41, 5.74) is 11.4. The lowest BCUT2D eigenvalue weighted by molar-refractivity contribution is 0.158. The van der Waals surface area contributed by atoms with Crippen LogP contribution in [0, 0.1) is 6.92 Å². The Morgan fingerprint density at radius 2 is 1.57 bits per heavy atom. The molecule has 1 aliphatic carbocycles. The number of ether oxygens (including phenoxy) is 1. The van der Waals surface area contributed by atoms with Gasteiger partial charge in [-0.15, -0.1) is 0 Å². The van der Waals surface area contributed by atoms with Gasteiger partial charge in [-0.05, 0) is 50.1 Å². The van der Waals surface area contributed by atoms with Crippen LogP contribution in [0.2, 0.25) is 0 Å². The lowest BCUT2D eigenvalue weighted by atomic mass is 9.79. The van der Waals surface area contributed by atoms with Crippen LogP contribution in [0.1, 0.15) is 36.1 Å². The Balaban J connectivity index is 1.65. The van der Waals surface area contributed by atoms with Gasteiger partial charge in [0.1, 0.15) is 5.75 Å². The number of fused-ring (bicyclic) bond motifs is 11. The van der Waals surface area contributed by atoms with E-state index in [1.54, 1.807) is 0 Å². The third-order valence-corrected chi connectivity index (χ3v) is 7.83. The number of hydrogen-bond donors (Lipinski definition) is 1. The summed E-state index contributed by atoms with van der Waals surface area (Å²) in [5, 5.41) is 1.21. The summed E-state index contributed by atoms with van der Waals surface area (Å²) in [6.07, 6.45) is 0. The molecule has 1 aromatic heterocycles. The fourth-order valence-electron chi connectivity index (χ4n) is 6.33. The van der Waals surface area contributed by atoms with E-state index >= 15 is 0 Å². The maximum atomic E-state index is 7.30. The Bertz CT molecular complexity index is 1620. The highest BCUT2D eigenvalue weighted by atomic mass is 16.5. The summed E-state index contributed by atoms with van der Waals surface area (Å²) < 4.78 is 7.30. The maximum absolute atomic E-state index is 7.30. The molecular formula is C32H28N2O. The van der Waals surface area contributed by atoms with E-state index in [-0.39, 0.29) is 0 Å². The van der Waals surface area contributed by atoms with Gasteiger partial charge in [0.2, 0.25) is 0 Å². The predicted octanol–water partition coefficient (Wildman–Crippen LogP) is 7.65. The first-order valence-corrected chi connectivity index (χ1v) is 12.6. The normalized spacial score (nSPS) is 17.0. The van der Waals surface area contributed by atoms with Crippen molar-refractivity contribution >= 4 is 16.6 Å². The maximum Gasteiger partial charge on any atom is 0.188 e. The van der Waals surface area contributed by atoms with Crippen LogP contribution >= 0.6 is 0 Å². The summed E-state index contributed by atoms with van der Waals surface area (Å²) >= 11 is 0. The first kappa shape index (κ1) is 20.4. The van der Waals surface area contributed by atoms with Crippen LogP contribution in [-0.4, -0.2) is 18.1 Å². The number of H-pyrrole nitrogens is 1. The van der Waals surface area contributed by atoms with E-state index < -0.39 is 5.60 Å². The summed E-state index contributed by atoms with van der Waals surface area (Å²) in [5.74, 6) is 0.927. The Labute approximate surface area is 206 Å². The van der Waals surface area contributed by atoms with Crippen molar-refractivity contribution in [2.45, 2.75) is 26.4 Å². The van der Waals surface area contributed by atoms with Crippen molar-refractivity contribution in [3.05, 3.63) is 107 Å². The van der Waals surface area contributed by atoms with Gasteiger partial charge in [-0.2, -0.15) is 0 Å². The molecule has 0 amide bonds. The highest BCUT2D eigenvalue weighted by molar-refractivity contribution is 6.01. The van der Waals surface area contributed by atoms with Crippen molar-refractivity contribution in [1.82, 2.24) is 4.98 Å². The van der Waals surface area contributed by atoms with E-state index in [9.17, 15) is 0 Å². The van der Waals surface area contributed by atoms with Gasteiger partial charge in [-0.3, -0.25) is 0 Å². The van der Waals surface area contributed by atoms with E-state index in [0.29, 0.717) is 0 Å². The summed E-state index contributed by atoms with van der Waals surface area (Å²) in [4.78, 5) is 6.25. The second kappa shape index (κ2) is 7.26. The molecule has 0 fully saturated rings. The highest BCUT2D eigenvalue weighted by Crippen LogP contribution is 2.61. The molecule has 1 aliphatic heterocycles. The monoisotopic (exact) mass is 456 g/mol. The van der Waals surface area contributed by atoms with Crippen molar-refractivity contribution in [1.29, 1.82) is 0 Å². The van der Waals surface area contributed by atoms with Crippen LogP contribution in [0.3, 0.4) is 0 Å². The molecule has 2 aliphatic rings. The largest absolute Gasteiger partial charge is 0.472 e. The molecule has 2 heterocycles. The molecule has 1 spiro atoms. The lowest BCUT2D eigenvalue weighted by Gasteiger charge is -2.39. The number of para-hydroxylation sites is 1. The van der Waals surface area contributed by atoms with Crippen LogP contribution in [-0.2, 0) is 5.60 Å². The third kappa shape index (κ3) is 2.56. The van der Waals surface area contributed by atoms with Gasteiger partial charge in [0.05, 0.1) is 11.3 Å². The van der Waals surface area contributed by atoms with Crippen molar-refractivity contribution in [2.75, 3.05) is 18.0 Å². The zero-order chi connectivity index (χ0) is 23.7. The molecule has 5 aromatic rings. The van der Waals surface area contributed by atoms with Gasteiger partial charge in [0, 0.05) is 46.4 Å². The molecule has 3 nitrogen and oxygen atoms in total. The van der Waals surface area contributed by atoms with E-state index in [1.807, 2.05) is 0 Å². The van der Waals surface area contributed by atoms with Crippen LogP contribution < -0.4 is 9.64 Å². The van der Waals surface area contributed by atoms with E-state index in [4.69, 9.17) is 4.74 Å². The molecule has 3 heteroatoms. The minimum atomic E-state index is -0.705. The third-order valence-electron chi connectivity index (χ3n) is 7.83. The summed E-state index contributed by atoms with van der Waals surface area (Å²) in [7, 11) is 0. The number of aromatic amines is 1. The summed E-state index contributed by atoms with van der Waals surface area (Å²) in [6, 6.07) is 30.7. The second-order valence-electron chi connectivity index (χ2n) is 9.62. The number of nitrogens with zero attached hydrogens (tertiary/aromatic N) is 1. The zero-order valence-corrected chi connectivity index (χ0v) is 20.4. The molecule has 1 atom stereocenters. The number of aryl methyl sites for hydroxylation is 1. The number of rotatable bonds is 3. The van der Waals surface area contributed by atoms with Gasteiger partial charge < -0.3 is 14.6 Å². The van der Waals surface area contributed by atoms with Crippen molar-refractivity contribution < 1.29 is 4.74 Å². The molecular weight excluding hydrogens is 428 g/mol. The molecule has 4 aromatic carbocycles. The van der Waals surface area contributed by atoms with Crippen LogP contribution in [0.25, 0.3) is 33.3 Å². The highest BCUT2D eigenvalue weighted by Gasteiger charge is 2.52. The fourth-order valence-corrected chi connectivity index (χ4v) is 6.33. The second-order valence-corrected chi connectivity index (χ2v) is 9.62. The van der Waals surface area contributed by atoms with E-state index in [2.05, 4.69) is 116 Å². The van der Waals surface area contributed by atoms with Gasteiger partial charge in [0.15, 0.2) is 5.60 Å². The van der Waals surface area contributed by atoms with E-state index in [0.717, 1.165) is 35.6 Å². The van der Waals surface area contributed by atoms with Gasteiger partial charge in [0.25, 0.3) is 0 Å². The zero-order valence-electron chi connectivity index (χ0n) is 20.4. The Kier molecular flexibility index (Phi) is 4.23. The molecule has 0 radical (unpaired) electrons. The molecule has 172 valence electrons. The number of hydrogen-bond acceptors (Lipinski definition) is 2. The van der Waals surface area contributed by atoms with Gasteiger partial charge in [-0.1, -0.05) is 72.3 Å².